The van der Waals surface area contributed by atoms with Gasteiger partial charge in [-0.25, -0.2) is 9.07 Å². The maximum atomic E-state index is 13.5. The maximum absolute atomic E-state index is 13.5. The van der Waals surface area contributed by atoms with Crippen molar-refractivity contribution < 1.29 is 9.18 Å². The van der Waals surface area contributed by atoms with Gasteiger partial charge in [0, 0.05) is 11.6 Å². The van der Waals surface area contributed by atoms with Gasteiger partial charge in [-0.05, 0) is 44.2 Å². The van der Waals surface area contributed by atoms with Crippen LogP contribution < -0.4 is 10.9 Å². The third kappa shape index (κ3) is 3.78. The Kier molecular flexibility index (Phi) is 4.82. The van der Waals surface area contributed by atoms with Gasteiger partial charge in [-0.2, -0.15) is 19.9 Å². The molecule has 5 aromatic rings. The molecule has 2 N–H and O–H groups in total. The van der Waals surface area contributed by atoms with Gasteiger partial charge in [0.1, 0.15) is 17.0 Å². The molecule has 0 atom stereocenters. The van der Waals surface area contributed by atoms with Crippen molar-refractivity contribution in [2.75, 3.05) is 5.32 Å². The fourth-order valence-corrected chi connectivity index (χ4v) is 3.45. The van der Waals surface area contributed by atoms with Crippen LogP contribution in [0.4, 0.5) is 10.2 Å². The van der Waals surface area contributed by atoms with Crippen LogP contribution in [0, 0.1) is 19.7 Å². The number of fused-ring (bicyclic) bond motifs is 1. The number of aromatic nitrogens is 6. The Morgan fingerprint density at radius 2 is 1.85 bits per heavy atom. The molecule has 164 valence electrons. The summed E-state index contributed by atoms with van der Waals surface area (Å²) in [7, 11) is 0. The first-order valence-electron chi connectivity index (χ1n) is 10.1. The zero-order chi connectivity index (χ0) is 23.1. The number of aromatic amines is 1. The van der Waals surface area contributed by atoms with Crippen LogP contribution in [-0.4, -0.2) is 35.4 Å². The molecule has 0 radical (unpaired) electrons. The molecule has 0 bridgehead atoms. The summed E-state index contributed by atoms with van der Waals surface area (Å²) in [6.07, 6.45) is 1.45. The maximum Gasteiger partial charge on any atom is 0.263 e. The number of anilines is 1. The summed E-state index contributed by atoms with van der Waals surface area (Å²) < 4.78 is 16.4. The van der Waals surface area contributed by atoms with Crippen molar-refractivity contribution in [3.63, 3.8) is 0 Å². The normalized spacial score (nSPS) is 11.1. The number of rotatable bonds is 4. The second-order valence-corrected chi connectivity index (χ2v) is 7.57. The highest BCUT2D eigenvalue weighted by molar-refractivity contribution is 6.03. The molecule has 3 aromatic heterocycles. The predicted octanol–water partition coefficient (Wildman–Crippen LogP) is 3.30. The van der Waals surface area contributed by atoms with Crippen LogP contribution in [0.2, 0.25) is 0 Å². The number of hydrogen-bond donors (Lipinski definition) is 2. The molecular weight excluding hydrogens is 425 g/mol. The molecule has 1 amide bonds. The summed E-state index contributed by atoms with van der Waals surface area (Å²) in [6, 6.07) is 14.6. The molecule has 0 fully saturated rings. The number of amides is 1. The van der Waals surface area contributed by atoms with Gasteiger partial charge >= 0.3 is 0 Å². The highest BCUT2D eigenvalue weighted by Crippen LogP contribution is 2.19. The first-order chi connectivity index (χ1) is 15.9. The van der Waals surface area contributed by atoms with Crippen molar-refractivity contribution in [2.45, 2.75) is 13.8 Å². The fraction of sp³-hybridized carbons (Fsp3) is 0.0870. The van der Waals surface area contributed by atoms with Gasteiger partial charge in [-0.1, -0.05) is 23.8 Å². The molecule has 3 heterocycles. The molecule has 0 saturated carbocycles. The van der Waals surface area contributed by atoms with E-state index in [4.69, 9.17) is 0 Å². The topological polar surface area (TPSA) is 110 Å². The van der Waals surface area contributed by atoms with E-state index in [0.29, 0.717) is 16.7 Å². The minimum Gasteiger partial charge on any atom is -0.306 e. The van der Waals surface area contributed by atoms with Gasteiger partial charge < -0.3 is 5.32 Å². The molecule has 9 nitrogen and oxygen atoms in total. The first kappa shape index (κ1) is 20.3. The number of carbonyl (C=O) groups excluding carboxylic acids is 1. The van der Waals surface area contributed by atoms with E-state index < -0.39 is 17.3 Å². The SMILES string of the molecule is Cc1ccc(-n2ncc3c(=O)[nH]c(-n4nc(C)cc4NC(=O)c4cccc(F)c4)nc32)cc1. The van der Waals surface area contributed by atoms with Crippen molar-refractivity contribution in [1.82, 2.24) is 29.5 Å². The Morgan fingerprint density at radius 3 is 2.61 bits per heavy atom. The average molecular weight is 443 g/mol. The Morgan fingerprint density at radius 1 is 1.06 bits per heavy atom. The van der Waals surface area contributed by atoms with E-state index in [9.17, 15) is 14.0 Å². The first-order valence-corrected chi connectivity index (χ1v) is 10.1. The molecular formula is C23H18FN7O2. The Balaban J connectivity index is 1.58. The number of halogens is 1. The lowest BCUT2D eigenvalue weighted by atomic mass is 10.2. The largest absolute Gasteiger partial charge is 0.306 e. The van der Waals surface area contributed by atoms with E-state index in [0.717, 1.165) is 17.3 Å². The molecule has 0 aliphatic rings. The van der Waals surface area contributed by atoms with Gasteiger partial charge in [-0.3, -0.25) is 14.6 Å². The summed E-state index contributed by atoms with van der Waals surface area (Å²) in [5, 5.41) is 11.7. The van der Waals surface area contributed by atoms with Crippen LogP contribution in [0.1, 0.15) is 21.6 Å². The predicted molar refractivity (Wildman–Crippen MR) is 120 cm³/mol. The lowest BCUT2D eigenvalue weighted by Gasteiger charge is -2.09. The van der Waals surface area contributed by atoms with E-state index in [1.165, 1.54) is 29.1 Å². The third-order valence-electron chi connectivity index (χ3n) is 5.06. The Labute approximate surface area is 186 Å². The van der Waals surface area contributed by atoms with Crippen molar-refractivity contribution in [2.24, 2.45) is 0 Å². The number of nitrogens with one attached hydrogen (secondary N) is 2. The van der Waals surface area contributed by atoms with Gasteiger partial charge in [0.2, 0.25) is 5.95 Å². The monoisotopic (exact) mass is 443 g/mol. The summed E-state index contributed by atoms with van der Waals surface area (Å²) in [5.74, 6) is -0.674. The standard InChI is InChI=1S/C23H18FN7O2/c1-13-6-8-17(9-7-13)30-20-18(12-25-30)22(33)28-23(27-20)31-19(10-14(2)29-31)26-21(32)15-4-3-5-16(24)11-15/h3-12H,1-2H3,(H,26,32)(H,27,28,33). The summed E-state index contributed by atoms with van der Waals surface area (Å²) in [4.78, 5) is 32.6. The number of carbonyl (C=O) groups is 1. The molecule has 0 unspecified atom stereocenters. The third-order valence-corrected chi connectivity index (χ3v) is 5.06. The van der Waals surface area contributed by atoms with E-state index in [1.807, 2.05) is 31.2 Å². The van der Waals surface area contributed by atoms with Crippen molar-refractivity contribution in [1.29, 1.82) is 0 Å². The number of nitrogens with zero attached hydrogens (tertiary/aromatic N) is 5. The summed E-state index contributed by atoms with van der Waals surface area (Å²) in [5.41, 5.74) is 2.51. The van der Waals surface area contributed by atoms with E-state index in [1.54, 1.807) is 17.7 Å². The number of H-pyrrole nitrogens is 1. The molecule has 10 heteroatoms. The lowest BCUT2D eigenvalue weighted by molar-refractivity contribution is 0.102. The lowest BCUT2D eigenvalue weighted by Crippen LogP contribution is -2.19. The van der Waals surface area contributed by atoms with Gasteiger partial charge in [0.05, 0.1) is 17.6 Å². The highest BCUT2D eigenvalue weighted by Gasteiger charge is 2.17. The summed E-state index contributed by atoms with van der Waals surface area (Å²) in [6.45, 7) is 3.72. The zero-order valence-electron chi connectivity index (χ0n) is 17.7. The van der Waals surface area contributed by atoms with Crippen LogP contribution in [-0.2, 0) is 0 Å². The van der Waals surface area contributed by atoms with Crippen molar-refractivity contribution in [3.05, 3.63) is 93.8 Å². The molecule has 0 aliphatic heterocycles. The smallest absolute Gasteiger partial charge is 0.263 e. The Bertz CT molecular complexity index is 1560. The molecule has 2 aromatic carbocycles. The molecule has 0 saturated heterocycles. The molecule has 5 rings (SSSR count). The van der Waals surface area contributed by atoms with Crippen LogP contribution in [0.3, 0.4) is 0 Å². The minimum absolute atomic E-state index is 0.101. The van der Waals surface area contributed by atoms with Crippen LogP contribution >= 0.6 is 0 Å². The van der Waals surface area contributed by atoms with E-state index in [2.05, 4.69) is 25.5 Å². The van der Waals surface area contributed by atoms with Crippen LogP contribution in [0.15, 0.2) is 65.6 Å². The van der Waals surface area contributed by atoms with Gasteiger partial charge in [0.15, 0.2) is 5.65 Å². The zero-order valence-corrected chi connectivity index (χ0v) is 17.7. The number of benzene rings is 2. The molecule has 0 spiro atoms. The van der Waals surface area contributed by atoms with Crippen LogP contribution in [0.5, 0.6) is 0 Å². The quantitative estimate of drug-likeness (QED) is 0.443. The second kappa shape index (κ2) is 7.83. The van der Waals surface area contributed by atoms with Gasteiger partial charge in [0.25, 0.3) is 11.5 Å². The van der Waals surface area contributed by atoms with E-state index >= 15 is 0 Å². The van der Waals surface area contributed by atoms with Crippen molar-refractivity contribution in [3.8, 4) is 11.6 Å². The fourth-order valence-electron chi connectivity index (χ4n) is 3.45. The summed E-state index contributed by atoms with van der Waals surface area (Å²) >= 11 is 0. The highest BCUT2D eigenvalue weighted by atomic mass is 19.1. The van der Waals surface area contributed by atoms with Gasteiger partial charge in [-0.15, -0.1) is 0 Å². The number of hydrogen-bond acceptors (Lipinski definition) is 5. The number of aryl methyl sites for hydroxylation is 2. The average Bonchev–Trinajstić information content (AvgIpc) is 3.38. The van der Waals surface area contributed by atoms with Crippen LogP contribution in [0.25, 0.3) is 22.7 Å². The second-order valence-electron chi connectivity index (χ2n) is 7.57. The Hall–Kier alpha value is -4.60. The molecule has 0 aliphatic carbocycles. The minimum atomic E-state index is -0.524. The van der Waals surface area contributed by atoms with E-state index in [-0.39, 0.29) is 17.3 Å². The van der Waals surface area contributed by atoms with Crippen molar-refractivity contribution >= 4 is 22.8 Å². The molecule has 33 heavy (non-hydrogen) atoms.